The highest BCUT2D eigenvalue weighted by Gasteiger charge is 2.21. The fourth-order valence-electron chi connectivity index (χ4n) is 3.66. The van der Waals surface area contributed by atoms with Crippen LogP contribution >= 0.6 is 0 Å². The summed E-state index contributed by atoms with van der Waals surface area (Å²) in [6, 6.07) is 5.36. The summed E-state index contributed by atoms with van der Waals surface area (Å²) in [5.74, 6) is 2.70. The fourth-order valence-corrected chi connectivity index (χ4v) is 3.66. The molecular weight excluding hydrogens is 328 g/mol. The Balaban J connectivity index is 1.84. The summed E-state index contributed by atoms with van der Waals surface area (Å²) in [7, 11) is 1.60. The zero-order valence-electron chi connectivity index (χ0n) is 16.7. The summed E-state index contributed by atoms with van der Waals surface area (Å²) >= 11 is 0. The Hall–Kier alpha value is -1.75. The number of carbonyl (C=O) groups is 1. The van der Waals surface area contributed by atoms with Gasteiger partial charge in [-0.25, -0.2) is 0 Å². The third-order valence-corrected chi connectivity index (χ3v) is 4.84. The molecule has 1 aromatic rings. The van der Waals surface area contributed by atoms with Gasteiger partial charge in [-0.1, -0.05) is 27.2 Å². The summed E-state index contributed by atoms with van der Waals surface area (Å²) in [5.41, 5.74) is 0.602. The van der Waals surface area contributed by atoms with Crippen molar-refractivity contribution >= 4 is 5.91 Å². The quantitative estimate of drug-likeness (QED) is 0.682. The van der Waals surface area contributed by atoms with Crippen LogP contribution in [0.3, 0.4) is 0 Å². The molecule has 0 spiro atoms. The van der Waals surface area contributed by atoms with Gasteiger partial charge in [0.2, 0.25) is 0 Å². The van der Waals surface area contributed by atoms with Crippen molar-refractivity contribution in [2.45, 2.75) is 40.0 Å². The summed E-state index contributed by atoms with van der Waals surface area (Å²) in [6.07, 6.45) is 3.38. The summed E-state index contributed by atoms with van der Waals surface area (Å²) in [4.78, 5) is 14.9. The van der Waals surface area contributed by atoms with Crippen LogP contribution in [0.5, 0.6) is 11.5 Å². The van der Waals surface area contributed by atoms with Gasteiger partial charge in [0, 0.05) is 31.7 Å². The normalized spacial score (nSPS) is 20.6. The number of hydrogen-bond acceptors (Lipinski definition) is 4. The SMILES string of the molecule is CCCCOc1ccc(C(=O)NCCN2CC(C)CC(C)C2)cc1OC. The zero-order valence-corrected chi connectivity index (χ0v) is 16.7. The Labute approximate surface area is 158 Å². The van der Waals surface area contributed by atoms with Crippen molar-refractivity contribution in [3.05, 3.63) is 23.8 Å². The first-order valence-electron chi connectivity index (χ1n) is 9.84. The first-order chi connectivity index (χ1) is 12.5. The van der Waals surface area contributed by atoms with E-state index in [9.17, 15) is 4.79 Å². The maximum Gasteiger partial charge on any atom is 0.251 e. The van der Waals surface area contributed by atoms with Gasteiger partial charge in [-0.2, -0.15) is 0 Å². The van der Waals surface area contributed by atoms with Crippen LogP contribution in [0.25, 0.3) is 0 Å². The van der Waals surface area contributed by atoms with E-state index in [0.717, 1.165) is 44.3 Å². The van der Waals surface area contributed by atoms with Crippen LogP contribution in [0, 0.1) is 11.8 Å². The van der Waals surface area contributed by atoms with E-state index in [1.165, 1.54) is 6.42 Å². The number of nitrogens with one attached hydrogen (secondary N) is 1. The molecule has 1 N–H and O–H groups in total. The molecule has 0 bridgehead atoms. The molecule has 2 unspecified atom stereocenters. The Bertz CT molecular complexity index is 566. The molecule has 0 aromatic heterocycles. The number of unbranched alkanes of at least 4 members (excludes halogenated alkanes) is 1. The van der Waals surface area contributed by atoms with Gasteiger partial charge in [-0.05, 0) is 42.9 Å². The first-order valence-corrected chi connectivity index (χ1v) is 9.84. The first kappa shape index (κ1) is 20.6. The molecule has 1 aliphatic rings. The molecule has 1 fully saturated rings. The molecular formula is C21H34N2O3. The lowest BCUT2D eigenvalue weighted by atomic mass is 9.92. The van der Waals surface area contributed by atoms with E-state index in [1.54, 1.807) is 19.2 Å². The molecule has 1 aromatic carbocycles. The number of methoxy groups -OCH3 is 1. The van der Waals surface area contributed by atoms with Crippen LogP contribution in [-0.4, -0.2) is 50.7 Å². The number of benzene rings is 1. The minimum absolute atomic E-state index is 0.0680. The second kappa shape index (κ2) is 10.4. The number of rotatable bonds is 9. The minimum atomic E-state index is -0.0680. The van der Waals surface area contributed by atoms with Gasteiger partial charge in [0.05, 0.1) is 13.7 Å². The lowest BCUT2D eigenvalue weighted by molar-refractivity contribution is 0.0936. The van der Waals surface area contributed by atoms with Crippen LogP contribution in [-0.2, 0) is 0 Å². The van der Waals surface area contributed by atoms with Crippen molar-refractivity contribution in [1.82, 2.24) is 10.2 Å². The van der Waals surface area contributed by atoms with Crippen molar-refractivity contribution in [3.63, 3.8) is 0 Å². The molecule has 1 aliphatic heterocycles. The van der Waals surface area contributed by atoms with Gasteiger partial charge in [0.25, 0.3) is 5.91 Å². The number of nitrogens with zero attached hydrogens (tertiary/aromatic N) is 1. The van der Waals surface area contributed by atoms with Crippen LogP contribution in [0.1, 0.15) is 50.4 Å². The van der Waals surface area contributed by atoms with Crippen molar-refractivity contribution in [2.75, 3.05) is 39.9 Å². The molecule has 1 heterocycles. The number of likely N-dealkylation sites (tertiary alicyclic amines) is 1. The number of amides is 1. The van der Waals surface area contributed by atoms with Crippen molar-refractivity contribution < 1.29 is 14.3 Å². The molecule has 1 amide bonds. The summed E-state index contributed by atoms with van der Waals surface area (Å²) < 4.78 is 11.1. The largest absolute Gasteiger partial charge is 0.493 e. The molecule has 0 saturated carbocycles. The number of piperidine rings is 1. The van der Waals surface area contributed by atoms with Crippen molar-refractivity contribution in [1.29, 1.82) is 0 Å². The topological polar surface area (TPSA) is 50.8 Å². The fraction of sp³-hybridized carbons (Fsp3) is 0.667. The van der Waals surface area contributed by atoms with Gasteiger partial charge >= 0.3 is 0 Å². The van der Waals surface area contributed by atoms with E-state index in [2.05, 4.69) is 31.0 Å². The highest BCUT2D eigenvalue weighted by atomic mass is 16.5. The van der Waals surface area contributed by atoms with E-state index in [1.807, 2.05) is 6.07 Å². The highest BCUT2D eigenvalue weighted by molar-refractivity contribution is 5.94. The van der Waals surface area contributed by atoms with Crippen LogP contribution in [0.15, 0.2) is 18.2 Å². The van der Waals surface area contributed by atoms with Gasteiger partial charge in [-0.15, -0.1) is 0 Å². The third kappa shape index (κ3) is 6.20. The van der Waals surface area contributed by atoms with E-state index < -0.39 is 0 Å². The predicted molar refractivity (Wildman–Crippen MR) is 105 cm³/mol. The van der Waals surface area contributed by atoms with E-state index in [0.29, 0.717) is 30.2 Å². The van der Waals surface area contributed by atoms with E-state index in [-0.39, 0.29) is 5.91 Å². The van der Waals surface area contributed by atoms with Crippen molar-refractivity contribution in [2.24, 2.45) is 11.8 Å². The molecule has 26 heavy (non-hydrogen) atoms. The minimum Gasteiger partial charge on any atom is -0.493 e. The number of ether oxygens (including phenoxy) is 2. The van der Waals surface area contributed by atoms with Gasteiger partial charge < -0.3 is 19.7 Å². The van der Waals surface area contributed by atoms with Crippen LogP contribution in [0.2, 0.25) is 0 Å². The van der Waals surface area contributed by atoms with E-state index >= 15 is 0 Å². The molecule has 2 rings (SSSR count). The lowest BCUT2D eigenvalue weighted by Gasteiger charge is -2.34. The number of hydrogen-bond donors (Lipinski definition) is 1. The Morgan fingerprint density at radius 1 is 1.23 bits per heavy atom. The lowest BCUT2D eigenvalue weighted by Crippen LogP contribution is -2.42. The Morgan fingerprint density at radius 3 is 2.62 bits per heavy atom. The number of carbonyl (C=O) groups excluding carboxylic acids is 1. The molecule has 5 nitrogen and oxygen atoms in total. The average Bonchev–Trinajstić information content (AvgIpc) is 2.61. The molecule has 1 saturated heterocycles. The molecule has 146 valence electrons. The molecule has 5 heteroatoms. The molecule has 0 radical (unpaired) electrons. The highest BCUT2D eigenvalue weighted by Crippen LogP contribution is 2.28. The van der Waals surface area contributed by atoms with Gasteiger partial charge in [0.15, 0.2) is 11.5 Å². The second-order valence-corrected chi connectivity index (χ2v) is 7.53. The standard InChI is InChI=1S/C21H34N2O3/c1-5-6-11-26-19-8-7-18(13-20(19)25-4)21(24)22-9-10-23-14-16(2)12-17(3)15-23/h7-8,13,16-17H,5-6,9-12,14-15H2,1-4H3,(H,22,24). The molecule has 0 aliphatic carbocycles. The Kier molecular flexibility index (Phi) is 8.23. The van der Waals surface area contributed by atoms with E-state index in [4.69, 9.17) is 9.47 Å². The maximum atomic E-state index is 12.4. The molecule has 2 atom stereocenters. The monoisotopic (exact) mass is 362 g/mol. The van der Waals surface area contributed by atoms with Gasteiger partial charge in [-0.3, -0.25) is 4.79 Å². The predicted octanol–water partition coefficient (Wildman–Crippen LogP) is 3.58. The van der Waals surface area contributed by atoms with Gasteiger partial charge in [0.1, 0.15) is 0 Å². The van der Waals surface area contributed by atoms with Crippen molar-refractivity contribution in [3.8, 4) is 11.5 Å². The summed E-state index contributed by atoms with van der Waals surface area (Å²) in [5, 5.41) is 3.02. The third-order valence-electron chi connectivity index (χ3n) is 4.84. The smallest absolute Gasteiger partial charge is 0.251 e. The van der Waals surface area contributed by atoms with Crippen LogP contribution < -0.4 is 14.8 Å². The zero-order chi connectivity index (χ0) is 18.9. The summed E-state index contributed by atoms with van der Waals surface area (Å²) in [6.45, 7) is 11.2. The Morgan fingerprint density at radius 2 is 1.96 bits per heavy atom. The second-order valence-electron chi connectivity index (χ2n) is 7.53. The maximum absolute atomic E-state index is 12.4. The van der Waals surface area contributed by atoms with Crippen LogP contribution in [0.4, 0.5) is 0 Å². The average molecular weight is 363 g/mol.